The van der Waals surface area contributed by atoms with Crippen LogP contribution < -0.4 is 10.5 Å². The van der Waals surface area contributed by atoms with Gasteiger partial charge in [-0.15, -0.1) is 5.10 Å². The van der Waals surface area contributed by atoms with Crippen LogP contribution in [0.5, 0.6) is 0 Å². The molecular weight excluding hydrogens is 462 g/mol. The minimum Gasteiger partial charge on any atom is -0.369 e. The highest BCUT2D eigenvalue weighted by Gasteiger charge is 2.34. The average molecular weight is 498 g/mol. The molecule has 0 bridgehead atoms. The van der Waals surface area contributed by atoms with Crippen LogP contribution in [0.15, 0.2) is 53.3 Å². The average Bonchev–Trinajstić information content (AvgIpc) is 3.42. The van der Waals surface area contributed by atoms with E-state index in [-0.39, 0.29) is 17.6 Å². The summed E-state index contributed by atoms with van der Waals surface area (Å²) in [5, 5.41) is 14.3. The molecule has 1 aliphatic carbocycles. The molecule has 192 valence electrons. The van der Waals surface area contributed by atoms with Gasteiger partial charge < -0.3 is 9.88 Å². The van der Waals surface area contributed by atoms with E-state index in [1.807, 2.05) is 11.6 Å². The van der Waals surface area contributed by atoms with Crippen molar-refractivity contribution >= 4 is 16.6 Å². The molecular formula is C29H35N7O. The number of nitrogens with one attached hydrogen (secondary N) is 1. The van der Waals surface area contributed by atoms with Crippen molar-refractivity contribution in [2.24, 2.45) is 0 Å². The highest BCUT2D eigenvalue weighted by molar-refractivity contribution is 5.85. The first-order valence-corrected chi connectivity index (χ1v) is 13.5. The number of H-pyrrole nitrogens is 1. The molecule has 3 heterocycles. The standard InChI is InChI=1S/C29H35N7O/c1-20-13-14-21(2)26-24(20)19-25(29(37)30-26)27(28-31-32-33-36(28)23-11-7-4-8-12-23)35-17-15-34(16-18-35)22-9-5-3-6-10-22/h3,5-6,9-10,13-14,19,23,27H,4,7-8,11-12,15-18H2,1-2H3,(H,30,37)/t27-/m1/s1. The normalized spacial score (nSPS) is 18.4. The Balaban J connectivity index is 1.42. The Morgan fingerprint density at radius 3 is 2.41 bits per heavy atom. The van der Waals surface area contributed by atoms with Crippen molar-refractivity contribution in [3.05, 3.63) is 81.4 Å². The summed E-state index contributed by atoms with van der Waals surface area (Å²) >= 11 is 0. The van der Waals surface area contributed by atoms with Crippen LogP contribution >= 0.6 is 0 Å². The number of aromatic nitrogens is 5. The van der Waals surface area contributed by atoms with E-state index in [0.29, 0.717) is 0 Å². The van der Waals surface area contributed by atoms with Crippen molar-refractivity contribution in [1.29, 1.82) is 0 Å². The van der Waals surface area contributed by atoms with Crippen LogP contribution in [0, 0.1) is 13.8 Å². The summed E-state index contributed by atoms with van der Waals surface area (Å²) in [4.78, 5) is 21.7. The maximum absolute atomic E-state index is 13.7. The van der Waals surface area contributed by atoms with Crippen molar-refractivity contribution in [3.8, 4) is 0 Å². The summed E-state index contributed by atoms with van der Waals surface area (Å²) in [6.07, 6.45) is 5.82. The number of anilines is 1. The molecule has 4 aromatic rings. The number of hydrogen-bond acceptors (Lipinski definition) is 6. The van der Waals surface area contributed by atoms with Gasteiger partial charge in [-0.05, 0) is 66.4 Å². The quantitative estimate of drug-likeness (QED) is 0.436. The van der Waals surface area contributed by atoms with Gasteiger partial charge in [0.05, 0.1) is 11.6 Å². The van der Waals surface area contributed by atoms with Crippen LogP contribution in [0.4, 0.5) is 5.69 Å². The second-order valence-corrected chi connectivity index (χ2v) is 10.6. The fourth-order valence-corrected chi connectivity index (χ4v) is 6.14. The van der Waals surface area contributed by atoms with Crippen LogP contribution in [0.2, 0.25) is 0 Å². The van der Waals surface area contributed by atoms with E-state index in [0.717, 1.165) is 72.4 Å². The molecule has 0 amide bonds. The van der Waals surface area contributed by atoms with Crippen LogP contribution in [0.1, 0.15) is 66.7 Å². The Morgan fingerprint density at radius 1 is 0.919 bits per heavy atom. The lowest BCUT2D eigenvalue weighted by molar-refractivity contribution is 0.192. The predicted octanol–water partition coefficient (Wildman–Crippen LogP) is 4.55. The van der Waals surface area contributed by atoms with E-state index in [1.54, 1.807) is 0 Å². The highest BCUT2D eigenvalue weighted by Crippen LogP contribution is 2.34. The van der Waals surface area contributed by atoms with Gasteiger partial charge in [-0.2, -0.15) is 0 Å². The highest BCUT2D eigenvalue weighted by atomic mass is 16.1. The lowest BCUT2D eigenvalue weighted by Crippen LogP contribution is -2.49. The lowest BCUT2D eigenvalue weighted by Gasteiger charge is -2.40. The molecule has 8 nitrogen and oxygen atoms in total. The Bertz CT molecular complexity index is 1430. The molecule has 0 radical (unpaired) electrons. The van der Waals surface area contributed by atoms with Crippen LogP contribution in [0.25, 0.3) is 10.9 Å². The number of benzene rings is 2. The number of para-hydroxylation sites is 1. The number of hydrogen-bond donors (Lipinski definition) is 1. The molecule has 1 aliphatic heterocycles. The van der Waals surface area contributed by atoms with Crippen molar-refractivity contribution in [2.45, 2.75) is 58.0 Å². The second-order valence-electron chi connectivity index (χ2n) is 10.6. The van der Waals surface area contributed by atoms with Gasteiger partial charge in [0.15, 0.2) is 5.82 Å². The second kappa shape index (κ2) is 10.1. The fourth-order valence-electron chi connectivity index (χ4n) is 6.14. The molecule has 37 heavy (non-hydrogen) atoms. The molecule has 2 aromatic heterocycles. The van der Waals surface area contributed by atoms with E-state index in [4.69, 9.17) is 0 Å². The van der Waals surface area contributed by atoms with Gasteiger partial charge in [0.1, 0.15) is 6.04 Å². The fraction of sp³-hybridized carbons (Fsp3) is 0.448. The third-order valence-corrected chi connectivity index (χ3v) is 8.25. The summed E-state index contributed by atoms with van der Waals surface area (Å²) < 4.78 is 2.03. The third-order valence-electron chi connectivity index (χ3n) is 8.25. The van der Waals surface area contributed by atoms with Gasteiger partial charge in [-0.25, -0.2) is 4.68 Å². The Hall–Kier alpha value is -3.52. The summed E-state index contributed by atoms with van der Waals surface area (Å²) in [5.41, 5.74) is 5.03. The zero-order valence-electron chi connectivity index (χ0n) is 21.7. The number of pyridine rings is 1. The minimum absolute atomic E-state index is 0.0603. The summed E-state index contributed by atoms with van der Waals surface area (Å²) in [7, 11) is 0. The molecule has 2 aromatic carbocycles. The van der Waals surface area contributed by atoms with E-state index in [1.165, 1.54) is 24.9 Å². The number of tetrazole rings is 1. The first-order valence-electron chi connectivity index (χ1n) is 13.5. The van der Waals surface area contributed by atoms with Gasteiger partial charge >= 0.3 is 0 Å². The SMILES string of the molecule is Cc1ccc(C)c2[nH]c(=O)c([C@H](c3nnnn3C3CCCCC3)N3CCN(c4ccccc4)CC3)cc12. The van der Waals surface area contributed by atoms with Crippen molar-refractivity contribution in [3.63, 3.8) is 0 Å². The lowest BCUT2D eigenvalue weighted by atomic mass is 9.94. The van der Waals surface area contributed by atoms with Gasteiger partial charge in [0, 0.05) is 42.8 Å². The number of fused-ring (bicyclic) bond motifs is 1. The first kappa shape index (κ1) is 23.9. The van der Waals surface area contributed by atoms with E-state index >= 15 is 0 Å². The van der Waals surface area contributed by atoms with Crippen LogP contribution in [-0.2, 0) is 0 Å². The molecule has 0 unspecified atom stereocenters. The summed E-state index contributed by atoms with van der Waals surface area (Å²) in [6.45, 7) is 7.55. The molecule has 6 rings (SSSR count). The molecule has 2 fully saturated rings. The summed E-state index contributed by atoms with van der Waals surface area (Å²) in [6, 6.07) is 16.8. The number of aromatic amines is 1. The molecule has 1 N–H and O–H groups in total. The zero-order valence-corrected chi connectivity index (χ0v) is 21.7. The van der Waals surface area contributed by atoms with Crippen molar-refractivity contribution < 1.29 is 0 Å². The molecule has 2 aliphatic rings. The number of nitrogens with zero attached hydrogens (tertiary/aromatic N) is 6. The van der Waals surface area contributed by atoms with Gasteiger partial charge in [-0.1, -0.05) is 49.6 Å². The minimum atomic E-state index is -0.303. The smallest absolute Gasteiger partial charge is 0.253 e. The first-order chi connectivity index (χ1) is 18.1. The predicted molar refractivity (Wildman–Crippen MR) is 146 cm³/mol. The number of piperazine rings is 1. The Kier molecular flexibility index (Phi) is 6.50. The zero-order chi connectivity index (χ0) is 25.4. The third kappa shape index (κ3) is 4.55. The number of rotatable bonds is 5. The van der Waals surface area contributed by atoms with Crippen LogP contribution in [-0.4, -0.2) is 56.3 Å². The largest absolute Gasteiger partial charge is 0.369 e. The molecule has 0 spiro atoms. The van der Waals surface area contributed by atoms with Crippen LogP contribution in [0.3, 0.4) is 0 Å². The molecule has 1 saturated heterocycles. The number of aryl methyl sites for hydroxylation is 2. The van der Waals surface area contributed by atoms with E-state index in [9.17, 15) is 4.79 Å². The maximum Gasteiger partial charge on any atom is 0.253 e. The molecule has 1 atom stereocenters. The Morgan fingerprint density at radius 2 is 1.65 bits per heavy atom. The maximum atomic E-state index is 13.7. The van der Waals surface area contributed by atoms with Crippen molar-refractivity contribution in [2.75, 3.05) is 31.1 Å². The summed E-state index contributed by atoms with van der Waals surface area (Å²) in [5.74, 6) is 0.787. The topological polar surface area (TPSA) is 82.9 Å². The van der Waals surface area contributed by atoms with Crippen molar-refractivity contribution in [1.82, 2.24) is 30.1 Å². The van der Waals surface area contributed by atoms with E-state index in [2.05, 4.69) is 85.8 Å². The molecule has 8 heteroatoms. The van der Waals surface area contributed by atoms with E-state index < -0.39 is 0 Å². The van der Waals surface area contributed by atoms with Gasteiger partial charge in [0.2, 0.25) is 0 Å². The Labute approximate surface area is 217 Å². The monoisotopic (exact) mass is 497 g/mol. The van der Waals surface area contributed by atoms with Gasteiger partial charge in [0.25, 0.3) is 5.56 Å². The molecule has 1 saturated carbocycles. The van der Waals surface area contributed by atoms with Gasteiger partial charge in [-0.3, -0.25) is 9.69 Å².